The number of hydrogen-bond donors (Lipinski definition) is 0. The van der Waals surface area contributed by atoms with Crippen LogP contribution in [-0.2, 0) is 0 Å². The molecule has 0 saturated heterocycles. The lowest BCUT2D eigenvalue weighted by atomic mass is 9.94. The summed E-state index contributed by atoms with van der Waals surface area (Å²) in [7, 11) is 0. The van der Waals surface area contributed by atoms with Crippen LogP contribution >= 0.6 is 11.6 Å². The smallest absolute Gasteiger partial charge is 0.123 e. The molecule has 0 heterocycles. The third-order valence-electron chi connectivity index (χ3n) is 2.41. The number of rotatable bonds is 2. The maximum absolute atomic E-state index is 12.8. The summed E-state index contributed by atoms with van der Waals surface area (Å²) in [5.41, 5.74) is 2.10. The third kappa shape index (κ3) is 2.44. The molecule has 13 heavy (non-hydrogen) atoms. The summed E-state index contributed by atoms with van der Waals surface area (Å²) in [5, 5.41) is 0.0733. The van der Waals surface area contributed by atoms with Crippen LogP contribution in [0.4, 0.5) is 4.39 Å². The van der Waals surface area contributed by atoms with Crippen LogP contribution in [0.15, 0.2) is 18.2 Å². The number of hydrogen-bond acceptors (Lipinski definition) is 0. The van der Waals surface area contributed by atoms with E-state index in [4.69, 9.17) is 11.6 Å². The second-order valence-electron chi connectivity index (χ2n) is 3.47. The summed E-state index contributed by atoms with van der Waals surface area (Å²) < 4.78 is 12.8. The predicted molar refractivity (Wildman–Crippen MR) is 54.9 cm³/mol. The molecule has 0 fully saturated rings. The largest absolute Gasteiger partial charge is 0.207 e. The highest BCUT2D eigenvalue weighted by Gasteiger charge is 2.13. The lowest BCUT2D eigenvalue weighted by Crippen LogP contribution is -2.06. The SMILES string of the molecule is Cc1cc(F)ccc1C(C)C(C)Cl. The van der Waals surface area contributed by atoms with E-state index in [-0.39, 0.29) is 17.1 Å². The fraction of sp³-hybridized carbons (Fsp3) is 0.455. The van der Waals surface area contributed by atoms with Crippen LogP contribution in [0.5, 0.6) is 0 Å². The summed E-state index contributed by atoms with van der Waals surface area (Å²) >= 11 is 5.98. The third-order valence-corrected chi connectivity index (χ3v) is 2.79. The van der Waals surface area contributed by atoms with Gasteiger partial charge < -0.3 is 0 Å². The predicted octanol–water partition coefficient (Wildman–Crippen LogP) is 3.86. The second kappa shape index (κ2) is 4.10. The van der Waals surface area contributed by atoms with Gasteiger partial charge in [-0.3, -0.25) is 0 Å². The van der Waals surface area contributed by atoms with Crippen molar-refractivity contribution in [2.24, 2.45) is 0 Å². The van der Waals surface area contributed by atoms with Gasteiger partial charge in [-0.15, -0.1) is 11.6 Å². The Kier molecular flexibility index (Phi) is 3.32. The van der Waals surface area contributed by atoms with Crippen molar-refractivity contribution in [3.63, 3.8) is 0 Å². The minimum absolute atomic E-state index is 0.0733. The molecular weight excluding hydrogens is 187 g/mol. The first-order valence-electron chi connectivity index (χ1n) is 4.42. The van der Waals surface area contributed by atoms with Crippen LogP contribution in [0.1, 0.15) is 30.9 Å². The van der Waals surface area contributed by atoms with Crippen LogP contribution in [0.2, 0.25) is 0 Å². The summed E-state index contributed by atoms with van der Waals surface area (Å²) in [6.07, 6.45) is 0. The molecule has 0 spiro atoms. The first kappa shape index (κ1) is 10.5. The Labute approximate surface area is 83.7 Å². The van der Waals surface area contributed by atoms with Gasteiger partial charge in [-0.05, 0) is 43.0 Å². The molecule has 0 saturated carbocycles. The molecule has 0 aliphatic heterocycles. The van der Waals surface area contributed by atoms with Gasteiger partial charge in [0.2, 0.25) is 0 Å². The maximum Gasteiger partial charge on any atom is 0.123 e. The summed E-state index contributed by atoms with van der Waals surface area (Å²) in [6, 6.07) is 4.84. The average Bonchev–Trinajstić information content (AvgIpc) is 2.03. The van der Waals surface area contributed by atoms with Crippen molar-refractivity contribution >= 4 is 11.6 Å². The lowest BCUT2D eigenvalue weighted by Gasteiger charge is -2.16. The molecule has 72 valence electrons. The van der Waals surface area contributed by atoms with Crippen LogP contribution in [0.3, 0.4) is 0 Å². The van der Waals surface area contributed by atoms with Gasteiger partial charge in [0, 0.05) is 5.38 Å². The molecule has 0 N–H and O–H groups in total. The monoisotopic (exact) mass is 200 g/mol. The van der Waals surface area contributed by atoms with E-state index in [1.807, 2.05) is 19.9 Å². The quantitative estimate of drug-likeness (QED) is 0.636. The summed E-state index contributed by atoms with van der Waals surface area (Å²) in [4.78, 5) is 0. The number of alkyl halides is 1. The van der Waals surface area contributed by atoms with Crippen LogP contribution in [0, 0.1) is 12.7 Å². The molecule has 2 unspecified atom stereocenters. The van der Waals surface area contributed by atoms with Gasteiger partial charge in [-0.1, -0.05) is 13.0 Å². The molecule has 1 aromatic rings. The van der Waals surface area contributed by atoms with E-state index < -0.39 is 0 Å². The summed E-state index contributed by atoms with van der Waals surface area (Å²) in [5.74, 6) is 0.0814. The fourth-order valence-electron chi connectivity index (χ4n) is 1.40. The van der Waals surface area contributed by atoms with Crippen molar-refractivity contribution in [1.82, 2.24) is 0 Å². The zero-order valence-corrected chi connectivity index (χ0v) is 8.90. The Morgan fingerprint density at radius 3 is 2.38 bits per heavy atom. The number of benzene rings is 1. The highest BCUT2D eigenvalue weighted by molar-refractivity contribution is 6.20. The van der Waals surface area contributed by atoms with Crippen molar-refractivity contribution in [3.8, 4) is 0 Å². The number of aryl methyl sites for hydroxylation is 1. The van der Waals surface area contributed by atoms with Crippen LogP contribution < -0.4 is 0 Å². The zero-order chi connectivity index (χ0) is 10.0. The van der Waals surface area contributed by atoms with Crippen LogP contribution in [-0.4, -0.2) is 5.38 Å². The van der Waals surface area contributed by atoms with E-state index in [9.17, 15) is 4.39 Å². The Morgan fingerprint density at radius 2 is 1.92 bits per heavy atom. The van der Waals surface area contributed by atoms with E-state index in [0.717, 1.165) is 11.1 Å². The number of halogens is 2. The van der Waals surface area contributed by atoms with Crippen molar-refractivity contribution in [2.75, 3.05) is 0 Å². The van der Waals surface area contributed by atoms with Gasteiger partial charge in [-0.25, -0.2) is 4.39 Å². The molecule has 0 nitrogen and oxygen atoms in total. The molecule has 0 radical (unpaired) electrons. The first-order chi connectivity index (χ1) is 6.02. The van der Waals surface area contributed by atoms with Gasteiger partial charge in [0.15, 0.2) is 0 Å². The summed E-state index contributed by atoms with van der Waals surface area (Å²) in [6.45, 7) is 5.92. The van der Waals surface area contributed by atoms with E-state index in [1.165, 1.54) is 6.07 Å². The molecule has 2 heteroatoms. The Bertz CT molecular complexity index is 294. The maximum atomic E-state index is 12.8. The minimum Gasteiger partial charge on any atom is -0.207 e. The van der Waals surface area contributed by atoms with E-state index in [1.54, 1.807) is 6.07 Å². The van der Waals surface area contributed by atoms with Gasteiger partial charge >= 0.3 is 0 Å². The molecule has 2 atom stereocenters. The Morgan fingerprint density at radius 1 is 1.31 bits per heavy atom. The average molecular weight is 201 g/mol. The molecular formula is C11H14ClF. The van der Waals surface area contributed by atoms with Gasteiger partial charge in [-0.2, -0.15) is 0 Å². The van der Waals surface area contributed by atoms with Crippen molar-refractivity contribution in [1.29, 1.82) is 0 Å². The van der Waals surface area contributed by atoms with E-state index in [2.05, 4.69) is 6.92 Å². The minimum atomic E-state index is -0.185. The van der Waals surface area contributed by atoms with E-state index in [0.29, 0.717) is 0 Å². The van der Waals surface area contributed by atoms with Gasteiger partial charge in [0.05, 0.1) is 0 Å². The molecule has 0 bridgehead atoms. The molecule has 0 aromatic heterocycles. The first-order valence-corrected chi connectivity index (χ1v) is 4.86. The zero-order valence-electron chi connectivity index (χ0n) is 8.14. The van der Waals surface area contributed by atoms with Gasteiger partial charge in [0.1, 0.15) is 5.82 Å². The van der Waals surface area contributed by atoms with Crippen molar-refractivity contribution in [2.45, 2.75) is 32.1 Å². The standard InChI is InChI=1S/C11H14ClF/c1-7-6-10(13)4-5-11(7)8(2)9(3)12/h4-6,8-9H,1-3H3. The van der Waals surface area contributed by atoms with E-state index >= 15 is 0 Å². The Hall–Kier alpha value is -0.560. The van der Waals surface area contributed by atoms with Crippen LogP contribution in [0.25, 0.3) is 0 Å². The highest BCUT2D eigenvalue weighted by Crippen LogP contribution is 2.25. The van der Waals surface area contributed by atoms with Crippen molar-refractivity contribution < 1.29 is 4.39 Å². The molecule has 1 aromatic carbocycles. The lowest BCUT2D eigenvalue weighted by molar-refractivity contribution is 0.623. The van der Waals surface area contributed by atoms with Crippen molar-refractivity contribution in [3.05, 3.63) is 35.1 Å². The molecule has 1 rings (SSSR count). The highest BCUT2D eigenvalue weighted by atomic mass is 35.5. The molecule has 0 aliphatic carbocycles. The topological polar surface area (TPSA) is 0 Å². The normalized spacial score (nSPS) is 15.5. The van der Waals surface area contributed by atoms with Gasteiger partial charge in [0.25, 0.3) is 0 Å². The molecule has 0 aliphatic rings. The Balaban J connectivity index is 3.01. The molecule has 0 amide bonds. The fourth-order valence-corrected chi connectivity index (χ4v) is 1.53. The second-order valence-corrected chi connectivity index (χ2v) is 4.16.